The third-order valence-electron chi connectivity index (χ3n) is 9.53. The lowest BCUT2D eigenvalue weighted by molar-refractivity contribution is -0.300. The molecule has 0 saturated heterocycles. The van der Waals surface area contributed by atoms with Gasteiger partial charge in [-0.25, -0.2) is 0 Å². The van der Waals surface area contributed by atoms with Gasteiger partial charge in [0.15, 0.2) is 11.9 Å². The highest BCUT2D eigenvalue weighted by Crippen LogP contribution is 2.72. The largest absolute Gasteiger partial charge is 0.459 e. The van der Waals surface area contributed by atoms with Gasteiger partial charge in [-0.2, -0.15) is 0 Å². The smallest absolute Gasteiger partial charge is 0.303 e. The van der Waals surface area contributed by atoms with E-state index < -0.39 is 82.5 Å². The summed E-state index contributed by atoms with van der Waals surface area (Å²) in [5, 5.41) is 11.7. The number of fused-ring (bicyclic) bond motifs is 3. The monoisotopic (exact) mass is 534 g/mol. The molecule has 4 fully saturated rings. The summed E-state index contributed by atoms with van der Waals surface area (Å²) in [6.45, 7) is 14.5. The zero-order valence-corrected chi connectivity index (χ0v) is 23.1. The normalized spacial score (nSPS) is 42.8. The maximum absolute atomic E-state index is 14.1. The van der Waals surface area contributed by atoms with Crippen molar-refractivity contribution in [1.29, 1.82) is 0 Å². The Morgan fingerprint density at radius 2 is 1.34 bits per heavy atom. The second-order valence-corrected chi connectivity index (χ2v) is 12.4. The second-order valence-electron chi connectivity index (χ2n) is 12.4. The molecule has 10 heteroatoms. The van der Waals surface area contributed by atoms with E-state index in [4.69, 9.17) is 18.9 Å². The topological polar surface area (TPSA) is 143 Å². The van der Waals surface area contributed by atoms with Crippen molar-refractivity contribution in [3.05, 3.63) is 12.2 Å². The van der Waals surface area contributed by atoms with Crippen molar-refractivity contribution in [3.63, 3.8) is 0 Å². The molecular weight excluding hydrogens is 496 g/mol. The minimum atomic E-state index is -1.39. The van der Waals surface area contributed by atoms with Crippen molar-refractivity contribution < 1.29 is 48.0 Å². The average molecular weight is 535 g/mol. The molecule has 0 radical (unpaired) electrons. The van der Waals surface area contributed by atoms with E-state index in [-0.39, 0.29) is 24.5 Å². The fourth-order valence-corrected chi connectivity index (χ4v) is 8.98. The van der Waals surface area contributed by atoms with Gasteiger partial charge in [0, 0.05) is 44.9 Å². The van der Waals surface area contributed by atoms with Gasteiger partial charge in [-0.1, -0.05) is 27.4 Å². The van der Waals surface area contributed by atoms with Crippen LogP contribution in [0.15, 0.2) is 12.2 Å². The Hall–Kier alpha value is -2.75. The number of esters is 4. The first-order valence-corrected chi connectivity index (χ1v) is 13.1. The van der Waals surface area contributed by atoms with Crippen LogP contribution in [-0.2, 0) is 42.9 Å². The van der Waals surface area contributed by atoms with E-state index in [9.17, 15) is 29.1 Å². The summed E-state index contributed by atoms with van der Waals surface area (Å²) in [5.74, 6) is -4.47. The average Bonchev–Trinajstić information content (AvgIpc) is 2.93. The molecule has 0 aromatic heterocycles. The van der Waals surface area contributed by atoms with Crippen LogP contribution in [0.5, 0.6) is 0 Å². The lowest BCUT2D eigenvalue weighted by atomic mass is 9.38. The fraction of sp³-hybridized carbons (Fsp3) is 0.750. The molecule has 10 atom stereocenters. The molecule has 4 aliphatic carbocycles. The number of carbonyl (C=O) groups is 5. The van der Waals surface area contributed by atoms with Crippen molar-refractivity contribution in [1.82, 2.24) is 0 Å². The second kappa shape index (κ2) is 9.17. The van der Waals surface area contributed by atoms with Crippen LogP contribution in [0.2, 0.25) is 0 Å². The van der Waals surface area contributed by atoms with Crippen molar-refractivity contribution in [2.75, 3.05) is 0 Å². The van der Waals surface area contributed by atoms with Gasteiger partial charge in [-0.3, -0.25) is 24.0 Å². The molecule has 4 aliphatic rings. The number of aliphatic hydroxyl groups is 1. The van der Waals surface area contributed by atoms with Crippen LogP contribution in [-0.4, -0.2) is 65.3 Å². The number of hydrogen-bond acceptors (Lipinski definition) is 10. The van der Waals surface area contributed by atoms with Gasteiger partial charge in [0.2, 0.25) is 0 Å². The first-order valence-electron chi connectivity index (χ1n) is 13.1. The van der Waals surface area contributed by atoms with Crippen LogP contribution >= 0.6 is 0 Å². The summed E-state index contributed by atoms with van der Waals surface area (Å²) in [7, 11) is 0. The molecule has 0 amide bonds. The van der Waals surface area contributed by atoms with Gasteiger partial charge in [-0.05, 0) is 36.2 Å². The molecule has 1 N–H and O–H groups in total. The molecule has 4 rings (SSSR count). The van der Waals surface area contributed by atoms with Crippen LogP contribution in [0.4, 0.5) is 0 Å². The summed E-state index contributed by atoms with van der Waals surface area (Å²) < 4.78 is 23.3. The van der Waals surface area contributed by atoms with E-state index >= 15 is 0 Å². The Morgan fingerprint density at radius 3 is 1.87 bits per heavy atom. The number of hydrogen-bond donors (Lipinski definition) is 1. The molecule has 0 aromatic rings. The third kappa shape index (κ3) is 3.98. The van der Waals surface area contributed by atoms with E-state index in [2.05, 4.69) is 6.58 Å². The van der Waals surface area contributed by atoms with Crippen LogP contribution in [0.25, 0.3) is 0 Å². The number of Topliss-reactive ketones (excluding diaryl/α,β-unsaturated/α-hetero) is 1. The van der Waals surface area contributed by atoms with E-state index in [1.807, 2.05) is 20.8 Å². The predicted octanol–water partition coefficient (Wildman–Crippen LogP) is 2.29. The van der Waals surface area contributed by atoms with E-state index in [0.29, 0.717) is 12.0 Å². The third-order valence-corrected chi connectivity index (χ3v) is 9.53. The summed E-state index contributed by atoms with van der Waals surface area (Å²) in [4.78, 5) is 63.4. The van der Waals surface area contributed by atoms with Gasteiger partial charge in [0.1, 0.15) is 18.3 Å². The van der Waals surface area contributed by atoms with Gasteiger partial charge >= 0.3 is 23.9 Å². The highest BCUT2D eigenvalue weighted by Gasteiger charge is 2.79. The van der Waals surface area contributed by atoms with Crippen molar-refractivity contribution in [3.8, 4) is 0 Å². The number of carbonyl (C=O) groups excluding carboxylic acids is 5. The number of rotatable bonds is 4. The maximum Gasteiger partial charge on any atom is 0.303 e. The van der Waals surface area contributed by atoms with Gasteiger partial charge in [0.25, 0.3) is 0 Å². The van der Waals surface area contributed by atoms with Crippen LogP contribution < -0.4 is 0 Å². The van der Waals surface area contributed by atoms with E-state index in [1.165, 1.54) is 27.7 Å². The Balaban J connectivity index is 2.01. The summed E-state index contributed by atoms with van der Waals surface area (Å²) in [6.07, 6.45) is -4.39. The first kappa shape index (κ1) is 28.3. The number of ketones is 1. The minimum absolute atomic E-state index is 0.122. The predicted molar refractivity (Wildman–Crippen MR) is 131 cm³/mol. The summed E-state index contributed by atoms with van der Waals surface area (Å²) in [6, 6.07) is 0. The minimum Gasteiger partial charge on any atom is -0.459 e. The molecule has 210 valence electrons. The molecular formula is C28H38O10. The van der Waals surface area contributed by atoms with Crippen molar-refractivity contribution in [2.45, 2.75) is 98.2 Å². The Morgan fingerprint density at radius 1 is 0.816 bits per heavy atom. The molecule has 1 spiro atoms. The molecule has 38 heavy (non-hydrogen) atoms. The van der Waals surface area contributed by atoms with Crippen LogP contribution in [0.3, 0.4) is 0 Å². The quantitative estimate of drug-likeness (QED) is 0.324. The number of aliphatic hydroxyl groups excluding tert-OH is 1. The SMILES string of the molecule is C=C1C(=O)[C@]23C[C@H]1C[C@H](O)[C@H]2[C@]1(C)C[C@H](OC(C)=O)[C@H](OC(C)=O)C(C)(C)[C@H]1[C@@H](OC(C)=O)[C@H]3OC(C)=O. The molecule has 0 unspecified atom stereocenters. The summed E-state index contributed by atoms with van der Waals surface area (Å²) in [5.41, 5.74) is -3.02. The fourth-order valence-electron chi connectivity index (χ4n) is 8.98. The van der Waals surface area contributed by atoms with Gasteiger partial charge < -0.3 is 24.1 Å². The van der Waals surface area contributed by atoms with E-state index in [1.54, 1.807) is 0 Å². The molecule has 0 aromatic carbocycles. The van der Waals surface area contributed by atoms with E-state index in [0.717, 1.165) is 0 Å². The lowest BCUT2D eigenvalue weighted by Gasteiger charge is -2.68. The van der Waals surface area contributed by atoms with Crippen LogP contribution in [0.1, 0.15) is 67.7 Å². The Labute approximate surface area is 222 Å². The lowest BCUT2D eigenvalue weighted by Crippen LogP contribution is -2.76. The summed E-state index contributed by atoms with van der Waals surface area (Å²) >= 11 is 0. The van der Waals surface area contributed by atoms with Gasteiger partial charge in [-0.15, -0.1) is 0 Å². The molecule has 10 nitrogen and oxygen atoms in total. The zero-order valence-electron chi connectivity index (χ0n) is 23.1. The van der Waals surface area contributed by atoms with Gasteiger partial charge in [0.05, 0.1) is 11.5 Å². The van der Waals surface area contributed by atoms with Crippen LogP contribution in [0, 0.1) is 34.0 Å². The molecule has 2 bridgehead atoms. The number of ether oxygens (including phenoxy) is 4. The number of allylic oxidation sites excluding steroid dienone is 1. The van der Waals surface area contributed by atoms with Crippen molar-refractivity contribution >= 4 is 29.7 Å². The molecule has 0 heterocycles. The maximum atomic E-state index is 14.1. The Bertz CT molecular complexity index is 1090. The highest BCUT2D eigenvalue weighted by atomic mass is 16.6. The first-order chi connectivity index (χ1) is 17.5. The highest BCUT2D eigenvalue weighted by molar-refractivity contribution is 6.04. The molecule has 4 saturated carbocycles. The Kier molecular flexibility index (Phi) is 6.82. The molecule has 0 aliphatic heterocycles. The van der Waals surface area contributed by atoms with Crippen molar-refractivity contribution in [2.24, 2.45) is 34.0 Å². The zero-order chi connectivity index (χ0) is 28.5. The standard InChI is InChI=1S/C28H38O10/c1-12-17-9-18(33)21-27(8)11-19(35-13(2)29)24(37-15(4)31)26(6,7)22(27)20(36-14(3)30)25(38-16(5)32)28(21,10-17)23(12)34/h17-22,24-25,33H,1,9-11H2,2-8H3/t17-,18+,19+,20-,21+,22-,24+,25-,27+,28+/m1/s1.